The largest absolute Gasteiger partial charge is 0.387 e. The second kappa shape index (κ2) is 5.05. The number of hydrogen-bond acceptors (Lipinski definition) is 4. The third-order valence-corrected chi connectivity index (χ3v) is 5.59. The third kappa shape index (κ3) is 3.11. The van der Waals surface area contributed by atoms with Gasteiger partial charge in [-0.15, -0.1) is 0 Å². The summed E-state index contributed by atoms with van der Waals surface area (Å²) < 4.78 is 22.2. The third-order valence-electron chi connectivity index (χ3n) is 4.64. The first-order valence-electron chi connectivity index (χ1n) is 6.90. The van der Waals surface area contributed by atoms with Gasteiger partial charge in [-0.2, -0.15) is 0 Å². The second-order valence-electron chi connectivity index (χ2n) is 6.17. The Kier molecular flexibility index (Phi) is 3.93. The van der Waals surface area contributed by atoms with Gasteiger partial charge in [0.25, 0.3) is 0 Å². The van der Waals surface area contributed by atoms with E-state index in [0.29, 0.717) is 19.0 Å². The van der Waals surface area contributed by atoms with E-state index in [-0.39, 0.29) is 24.0 Å². The molecule has 0 aromatic heterocycles. The summed E-state index contributed by atoms with van der Waals surface area (Å²) in [5.41, 5.74) is -0.765. The van der Waals surface area contributed by atoms with Crippen LogP contribution in [0.25, 0.3) is 0 Å². The summed E-state index contributed by atoms with van der Waals surface area (Å²) in [6.45, 7) is 2.87. The van der Waals surface area contributed by atoms with Crippen LogP contribution >= 0.6 is 0 Å². The van der Waals surface area contributed by atoms with Crippen LogP contribution in [0.5, 0.6) is 0 Å². The van der Waals surface area contributed by atoms with Crippen molar-refractivity contribution in [2.24, 2.45) is 11.8 Å². The van der Waals surface area contributed by atoms with Gasteiger partial charge in [-0.1, -0.05) is 13.3 Å². The van der Waals surface area contributed by atoms with E-state index in [1.165, 1.54) is 0 Å². The van der Waals surface area contributed by atoms with Crippen LogP contribution in [0.2, 0.25) is 0 Å². The molecule has 5 nitrogen and oxygen atoms in total. The van der Waals surface area contributed by atoms with Crippen molar-refractivity contribution in [3.63, 3.8) is 0 Å². The molecular formula is C13H23NO4S. The Morgan fingerprint density at radius 1 is 1.42 bits per heavy atom. The summed E-state index contributed by atoms with van der Waals surface area (Å²) in [6, 6.07) is 0. The number of rotatable bonds is 4. The predicted molar refractivity (Wildman–Crippen MR) is 72.4 cm³/mol. The van der Waals surface area contributed by atoms with E-state index in [1.54, 1.807) is 4.90 Å². The predicted octanol–water partition coefficient (Wildman–Crippen LogP) is 0.431. The number of β-amino-alcohol motifs (C(OH)–C–C–N with tert-alkyl or cyclic N) is 1. The van der Waals surface area contributed by atoms with Crippen molar-refractivity contribution in [1.82, 2.24) is 4.90 Å². The minimum Gasteiger partial charge on any atom is -0.387 e. The average molecular weight is 289 g/mol. The lowest BCUT2D eigenvalue weighted by molar-refractivity contribution is -0.131. The smallest absolute Gasteiger partial charge is 0.223 e. The normalized spacial score (nSPS) is 32.4. The number of likely N-dealkylation sites (tertiary alicyclic amines) is 1. The molecule has 2 fully saturated rings. The summed E-state index contributed by atoms with van der Waals surface area (Å²) in [5.74, 6) is 0.0983. The summed E-state index contributed by atoms with van der Waals surface area (Å²) in [6.07, 6.45) is 4.38. The number of aliphatic hydroxyl groups is 1. The molecule has 2 rings (SSSR count). The minimum atomic E-state index is -3.11. The van der Waals surface area contributed by atoms with Gasteiger partial charge in [0.15, 0.2) is 0 Å². The Morgan fingerprint density at radius 3 is 2.53 bits per heavy atom. The quantitative estimate of drug-likeness (QED) is 0.814. The van der Waals surface area contributed by atoms with E-state index in [1.807, 2.05) is 6.92 Å². The van der Waals surface area contributed by atoms with Crippen LogP contribution in [0.4, 0.5) is 0 Å². The van der Waals surface area contributed by atoms with Crippen LogP contribution in [-0.2, 0) is 14.6 Å². The van der Waals surface area contributed by atoms with Gasteiger partial charge in [-0.3, -0.25) is 4.79 Å². The summed E-state index contributed by atoms with van der Waals surface area (Å²) in [4.78, 5) is 13.6. The molecule has 0 spiro atoms. The molecule has 1 heterocycles. The Balaban J connectivity index is 1.94. The maximum absolute atomic E-state index is 12.0. The SMILES string of the molecule is C[C@@H]1CN(C(=O)CCS(C)(=O)=O)C[C@@]1(O)C1CCC1. The van der Waals surface area contributed by atoms with Crippen molar-refractivity contribution in [3.05, 3.63) is 0 Å². The first-order chi connectivity index (χ1) is 8.72. The van der Waals surface area contributed by atoms with Crippen molar-refractivity contribution >= 4 is 15.7 Å². The van der Waals surface area contributed by atoms with Gasteiger partial charge in [-0.05, 0) is 18.8 Å². The molecule has 1 amide bonds. The fourth-order valence-electron chi connectivity index (χ4n) is 3.08. The molecule has 6 heteroatoms. The molecule has 1 saturated carbocycles. The molecule has 0 unspecified atom stereocenters. The Morgan fingerprint density at radius 2 is 2.05 bits per heavy atom. The number of nitrogens with zero attached hydrogens (tertiary/aromatic N) is 1. The van der Waals surface area contributed by atoms with Crippen LogP contribution < -0.4 is 0 Å². The molecule has 110 valence electrons. The molecule has 2 atom stereocenters. The highest BCUT2D eigenvalue weighted by Gasteiger charge is 2.50. The molecular weight excluding hydrogens is 266 g/mol. The van der Waals surface area contributed by atoms with Crippen LogP contribution in [0, 0.1) is 11.8 Å². The van der Waals surface area contributed by atoms with Crippen LogP contribution in [0.1, 0.15) is 32.6 Å². The standard InChI is InChI=1S/C13H23NO4S/c1-10-8-14(12(15)6-7-19(2,17)18)9-13(10,16)11-4-3-5-11/h10-11,16H,3-9H2,1-2H3/t10-,13+/m1/s1. The molecule has 19 heavy (non-hydrogen) atoms. The van der Waals surface area contributed by atoms with Gasteiger partial charge in [-0.25, -0.2) is 8.42 Å². The van der Waals surface area contributed by atoms with Gasteiger partial charge in [0, 0.05) is 31.7 Å². The first-order valence-corrected chi connectivity index (χ1v) is 8.96. The lowest BCUT2D eigenvalue weighted by Gasteiger charge is -2.41. The maximum atomic E-state index is 12.0. The molecule has 0 aromatic carbocycles. The number of sulfone groups is 1. The molecule has 0 aromatic rings. The first kappa shape index (κ1) is 14.8. The zero-order chi connectivity index (χ0) is 14.3. The molecule has 1 saturated heterocycles. The molecule has 1 aliphatic carbocycles. The van der Waals surface area contributed by atoms with Crippen molar-refractivity contribution in [3.8, 4) is 0 Å². The van der Waals surface area contributed by atoms with Gasteiger partial charge in [0.1, 0.15) is 9.84 Å². The van der Waals surface area contributed by atoms with E-state index < -0.39 is 15.4 Å². The van der Waals surface area contributed by atoms with Gasteiger partial charge in [0.2, 0.25) is 5.91 Å². The van der Waals surface area contributed by atoms with E-state index in [0.717, 1.165) is 25.5 Å². The second-order valence-corrected chi connectivity index (χ2v) is 8.43. The number of carbonyl (C=O) groups is 1. The van der Waals surface area contributed by atoms with Crippen molar-refractivity contribution in [2.75, 3.05) is 25.1 Å². The number of amides is 1. The highest BCUT2D eigenvalue weighted by atomic mass is 32.2. The van der Waals surface area contributed by atoms with Crippen LogP contribution in [0.3, 0.4) is 0 Å². The lowest BCUT2D eigenvalue weighted by atomic mass is 9.69. The summed E-state index contributed by atoms with van der Waals surface area (Å²) in [7, 11) is -3.11. The van der Waals surface area contributed by atoms with Gasteiger partial charge in [0.05, 0.1) is 11.4 Å². The highest BCUT2D eigenvalue weighted by molar-refractivity contribution is 7.90. The van der Waals surface area contributed by atoms with Crippen LogP contribution in [0.15, 0.2) is 0 Å². The monoisotopic (exact) mass is 289 g/mol. The topological polar surface area (TPSA) is 74.7 Å². The van der Waals surface area contributed by atoms with E-state index in [9.17, 15) is 18.3 Å². The summed E-state index contributed by atoms with van der Waals surface area (Å²) >= 11 is 0. The molecule has 1 N–H and O–H groups in total. The fourth-order valence-corrected chi connectivity index (χ4v) is 3.62. The van der Waals surface area contributed by atoms with E-state index in [2.05, 4.69) is 0 Å². The molecule has 0 bridgehead atoms. The van der Waals surface area contributed by atoms with E-state index >= 15 is 0 Å². The Bertz CT molecular complexity index is 457. The van der Waals surface area contributed by atoms with Crippen molar-refractivity contribution in [2.45, 2.75) is 38.2 Å². The molecule has 0 radical (unpaired) electrons. The zero-order valence-electron chi connectivity index (χ0n) is 11.6. The zero-order valence-corrected chi connectivity index (χ0v) is 12.4. The van der Waals surface area contributed by atoms with Crippen molar-refractivity contribution < 1.29 is 18.3 Å². The average Bonchev–Trinajstić information content (AvgIpc) is 2.48. The molecule has 1 aliphatic heterocycles. The Labute approximate surface area is 114 Å². The number of carbonyl (C=O) groups excluding carboxylic acids is 1. The van der Waals surface area contributed by atoms with Gasteiger partial charge >= 0.3 is 0 Å². The lowest BCUT2D eigenvalue weighted by Crippen LogP contribution is -2.48. The fraction of sp³-hybridized carbons (Fsp3) is 0.923. The Hall–Kier alpha value is -0.620. The van der Waals surface area contributed by atoms with E-state index in [4.69, 9.17) is 0 Å². The summed E-state index contributed by atoms with van der Waals surface area (Å²) in [5, 5.41) is 10.7. The maximum Gasteiger partial charge on any atom is 0.223 e. The highest BCUT2D eigenvalue weighted by Crippen LogP contribution is 2.44. The van der Waals surface area contributed by atoms with Crippen molar-refractivity contribution in [1.29, 1.82) is 0 Å². The van der Waals surface area contributed by atoms with Gasteiger partial charge < -0.3 is 10.0 Å². The minimum absolute atomic E-state index is 0.0201. The molecule has 2 aliphatic rings. The van der Waals surface area contributed by atoms with Crippen LogP contribution in [-0.4, -0.2) is 55.0 Å². The number of hydrogen-bond donors (Lipinski definition) is 1.